The summed E-state index contributed by atoms with van der Waals surface area (Å²) >= 11 is 7.96. The Morgan fingerprint density at radius 3 is 2.57 bits per heavy atom. The molecule has 0 radical (unpaired) electrons. The third kappa shape index (κ3) is 4.75. The van der Waals surface area contributed by atoms with Gasteiger partial charge in [0.05, 0.1) is 22.9 Å². The Morgan fingerprint density at radius 1 is 1.15 bits per heavy atom. The van der Waals surface area contributed by atoms with E-state index in [1.807, 2.05) is 49.4 Å². The van der Waals surface area contributed by atoms with Crippen LogP contribution in [0.2, 0.25) is 5.02 Å². The molecule has 250 valence electrons. The summed E-state index contributed by atoms with van der Waals surface area (Å²) in [7, 11) is 0. The molecule has 2 aromatic carbocycles. The average Bonchev–Trinajstić information content (AvgIpc) is 3.53. The van der Waals surface area contributed by atoms with Gasteiger partial charge in [-0.2, -0.15) is 0 Å². The first-order valence-electron chi connectivity index (χ1n) is 16.4. The number of ether oxygens (including phenoxy) is 2. The van der Waals surface area contributed by atoms with Crippen LogP contribution in [0.5, 0.6) is 0 Å². The SMILES string of the molecule is CC(C)Nc1cc(Sc2ccc([C@@H]3O[C@@H]4CC5[C@@H]6CCC7=CC(=O)C=C[C@]7(C)[C@@]6(F)[C@@H](O)C[C@]5(C)[C@]4(C(=O)CO)O3)cc2)ccc1Cl. The minimum absolute atomic E-state index is 0.0437. The number of aliphatic hydroxyl groups is 2. The lowest BCUT2D eigenvalue weighted by Gasteiger charge is -2.62. The molecule has 47 heavy (non-hydrogen) atoms. The van der Waals surface area contributed by atoms with E-state index in [9.17, 15) is 19.8 Å². The van der Waals surface area contributed by atoms with E-state index in [-0.39, 0.29) is 24.2 Å². The number of hydrogen-bond acceptors (Lipinski definition) is 8. The molecule has 7 nitrogen and oxygen atoms in total. The molecular formula is C37H41ClFNO6S. The molecular weight excluding hydrogens is 641 g/mol. The van der Waals surface area contributed by atoms with Gasteiger partial charge >= 0.3 is 0 Å². The number of aliphatic hydroxyl groups excluding tert-OH is 2. The van der Waals surface area contributed by atoms with Crippen LogP contribution in [-0.4, -0.2) is 57.9 Å². The van der Waals surface area contributed by atoms with Crippen molar-refractivity contribution in [2.45, 2.75) is 99.0 Å². The van der Waals surface area contributed by atoms with Crippen LogP contribution in [0.3, 0.4) is 0 Å². The topological polar surface area (TPSA) is 105 Å². The number of benzene rings is 2. The Hall–Kier alpha value is -2.53. The number of Topliss-reactive ketones (excluding diaryl/α,β-unsaturated/α-hetero) is 1. The summed E-state index contributed by atoms with van der Waals surface area (Å²) in [6.07, 6.45) is 2.77. The second-order valence-electron chi connectivity index (χ2n) is 14.5. The Kier molecular flexibility index (Phi) is 8.09. The van der Waals surface area contributed by atoms with Gasteiger partial charge in [0.15, 0.2) is 29.1 Å². The molecule has 1 saturated heterocycles. The first kappa shape index (κ1) is 33.0. The first-order valence-corrected chi connectivity index (χ1v) is 17.6. The van der Waals surface area contributed by atoms with Crippen LogP contribution < -0.4 is 5.32 Å². The highest BCUT2D eigenvalue weighted by molar-refractivity contribution is 7.99. The van der Waals surface area contributed by atoms with Gasteiger partial charge in [0.1, 0.15) is 6.61 Å². The number of carbonyl (C=O) groups is 2. The number of fused-ring (bicyclic) bond motifs is 7. The number of halogens is 2. The van der Waals surface area contributed by atoms with Gasteiger partial charge in [-0.1, -0.05) is 54.1 Å². The maximum atomic E-state index is 17.6. The smallest absolute Gasteiger partial charge is 0.193 e. The van der Waals surface area contributed by atoms with E-state index in [0.29, 0.717) is 29.9 Å². The zero-order valence-electron chi connectivity index (χ0n) is 27.0. The summed E-state index contributed by atoms with van der Waals surface area (Å²) < 4.78 is 30.8. The number of anilines is 1. The molecule has 3 N–H and O–H groups in total. The third-order valence-electron chi connectivity index (χ3n) is 11.7. The highest BCUT2D eigenvalue weighted by Crippen LogP contribution is 2.72. The minimum Gasteiger partial charge on any atom is -0.390 e. The van der Waals surface area contributed by atoms with E-state index in [0.717, 1.165) is 21.0 Å². The molecule has 1 unspecified atom stereocenters. The van der Waals surface area contributed by atoms with Gasteiger partial charge in [0.25, 0.3) is 0 Å². The first-order chi connectivity index (χ1) is 22.3. The molecule has 3 saturated carbocycles. The molecule has 9 atom stereocenters. The van der Waals surface area contributed by atoms with Crippen molar-refractivity contribution in [2.24, 2.45) is 22.7 Å². The molecule has 1 heterocycles. The van der Waals surface area contributed by atoms with Crippen LogP contribution in [0, 0.1) is 22.7 Å². The molecule has 4 fully saturated rings. The quantitative estimate of drug-likeness (QED) is 0.287. The van der Waals surface area contributed by atoms with Crippen molar-refractivity contribution in [1.29, 1.82) is 0 Å². The monoisotopic (exact) mass is 681 g/mol. The number of carbonyl (C=O) groups excluding carboxylic acids is 2. The number of nitrogens with one attached hydrogen (secondary N) is 1. The standard InChI is InChI=1S/C37H41ClFNO6S/c1-20(2)40-29-16-25(10-12-28(29)38)47-24-8-5-21(6-9-24)33-45-32-17-27-26-11-7-22-15-23(42)13-14-34(22,3)36(26,39)30(43)18-35(27,4)37(32,46-33)31(44)19-41/h5-6,8-10,12-16,20,26-27,30,32-33,40-41,43H,7,11,17-19H2,1-4H3/t26-,27?,30-,32+,33+,34-,35-,36-,37+/m0/s1. The van der Waals surface area contributed by atoms with Gasteiger partial charge in [-0.05, 0) is 94.9 Å². The minimum atomic E-state index is -2.04. The van der Waals surface area contributed by atoms with Crippen LogP contribution in [0.1, 0.15) is 65.2 Å². The van der Waals surface area contributed by atoms with E-state index in [4.69, 9.17) is 21.1 Å². The summed E-state index contributed by atoms with van der Waals surface area (Å²) in [5.74, 6) is -1.64. The zero-order valence-corrected chi connectivity index (χ0v) is 28.5. The second kappa shape index (κ2) is 11.5. The van der Waals surface area contributed by atoms with Crippen molar-refractivity contribution in [3.8, 4) is 0 Å². The highest BCUT2D eigenvalue weighted by atomic mass is 35.5. The summed E-state index contributed by atoms with van der Waals surface area (Å²) in [5, 5.41) is 26.0. The van der Waals surface area contributed by atoms with Crippen LogP contribution in [0.25, 0.3) is 0 Å². The van der Waals surface area contributed by atoms with Crippen LogP contribution >= 0.6 is 23.4 Å². The lowest BCUT2D eigenvalue weighted by molar-refractivity contribution is -0.231. The molecule has 0 bridgehead atoms. The van der Waals surface area contributed by atoms with E-state index >= 15 is 4.39 Å². The maximum Gasteiger partial charge on any atom is 0.193 e. The predicted octanol–water partition coefficient (Wildman–Crippen LogP) is 7.01. The fourth-order valence-electron chi connectivity index (χ4n) is 9.54. The summed E-state index contributed by atoms with van der Waals surface area (Å²) in [4.78, 5) is 28.0. The average molecular weight is 682 g/mol. The summed E-state index contributed by atoms with van der Waals surface area (Å²) in [6.45, 7) is 7.02. The molecule has 2 aromatic rings. The van der Waals surface area contributed by atoms with Crippen molar-refractivity contribution in [3.63, 3.8) is 0 Å². The Balaban J connectivity index is 1.16. The van der Waals surface area contributed by atoms with E-state index in [1.165, 1.54) is 12.2 Å². The van der Waals surface area contributed by atoms with Gasteiger partial charge in [0.2, 0.25) is 0 Å². The third-order valence-corrected chi connectivity index (χ3v) is 13.0. The Morgan fingerprint density at radius 2 is 1.87 bits per heavy atom. The van der Waals surface area contributed by atoms with Gasteiger partial charge in [-0.15, -0.1) is 0 Å². The van der Waals surface area contributed by atoms with Crippen molar-refractivity contribution >= 4 is 40.6 Å². The summed E-state index contributed by atoms with van der Waals surface area (Å²) in [5.41, 5.74) is -3.43. The van der Waals surface area contributed by atoms with E-state index < -0.39 is 58.9 Å². The summed E-state index contributed by atoms with van der Waals surface area (Å²) in [6, 6.07) is 13.8. The van der Waals surface area contributed by atoms with Gasteiger partial charge in [0, 0.05) is 38.1 Å². The molecule has 0 amide bonds. The zero-order chi connectivity index (χ0) is 33.5. The normalized spacial score (nSPS) is 38.8. The lowest BCUT2D eigenvalue weighted by Crippen LogP contribution is -2.69. The van der Waals surface area contributed by atoms with Crippen LogP contribution in [-0.2, 0) is 19.1 Å². The molecule has 5 aliphatic rings. The number of ketones is 2. The fourth-order valence-corrected chi connectivity index (χ4v) is 10.6. The molecule has 0 aromatic heterocycles. The highest BCUT2D eigenvalue weighted by Gasteiger charge is 2.79. The van der Waals surface area contributed by atoms with Gasteiger partial charge in [-0.3, -0.25) is 9.59 Å². The number of hydrogen-bond donors (Lipinski definition) is 3. The van der Waals surface area contributed by atoms with Gasteiger partial charge in [-0.25, -0.2) is 4.39 Å². The van der Waals surface area contributed by atoms with Crippen molar-refractivity contribution in [3.05, 3.63) is 76.9 Å². The number of allylic oxidation sites excluding steroid dienone is 4. The second-order valence-corrected chi connectivity index (χ2v) is 16.1. The van der Waals surface area contributed by atoms with E-state index in [1.54, 1.807) is 24.8 Å². The van der Waals surface area contributed by atoms with Crippen molar-refractivity contribution in [1.82, 2.24) is 0 Å². The molecule has 10 heteroatoms. The maximum absolute atomic E-state index is 17.6. The van der Waals surface area contributed by atoms with Crippen molar-refractivity contribution in [2.75, 3.05) is 11.9 Å². The fraction of sp³-hybridized carbons (Fsp3) is 0.514. The molecule has 1 aliphatic heterocycles. The molecule has 4 aliphatic carbocycles. The Labute approximate surface area is 283 Å². The van der Waals surface area contributed by atoms with Crippen LogP contribution in [0.15, 0.2) is 76.1 Å². The largest absolute Gasteiger partial charge is 0.390 e. The van der Waals surface area contributed by atoms with Crippen LogP contribution in [0.4, 0.5) is 10.1 Å². The predicted molar refractivity (Wildman–Crippen MR) is 178 cm³/mol. The number of rotatable bonds is 7. The van der Waals surface area contributed by atoms with Crippen molar-refractivity contribution < 1.29 is 33.7 Å². The van der Waals surface area contributed by atoms with E-state index in [2.05, 4.69) is 19.2 Å². The number of alkyl halides is 1. The molecule has 0 spiro atoms. The molecule has 7 rings (SSSR count). The Bertz CT molecular complexity index is 1680. The van der Waals surface area contributed by atoms with Gasteiger partial charge < -0.3 is 25.0 Å². The lowest BCUT2D eigenvalue weighted by atomic mass is 9.44.